The average Bonchev–Trinajstić information content (AvgIpc) is 2.99. The Morgan fingerprint density at radius 2 is 2.04 bits per heavy atom. The molecule has 0 amide bonds. The van der Waals surface area contributed by atoms with Crippen LogP contribution in [0.25, 0.3) is 0 Å². The summed E-state index contributed by atoms with van der Waals surface area (Å²) >= 11 is 0. The van der Waals surface area contributed by atoms with Crippen LogP contribution in [0.5, 0.6) is 0 Å². The van der Waals surface area contributed by atoms with Crippen LogP contribution in [0, 0.1) is 5.92 Å². The molecule has 0 unspecified atom stereocenters. The topological polar surface area (TPSA) is 48.7 Å². The number of hydrogen-bond donors (Lipinski definition) is 1. The maximum atomic E-state index is 4.87. The summed E-state index contributed by atoms with van der Waals surface area (Å²) in [6.07, 6.45) is 5.95. The van der Waals surface area contributed by atoms with E-state index in [1.54, 1.807) is 0 Å². The third-order valence-corrected chi connectivity index (χ3v) is 5.36. The van der Waals surface area contributed by atoms with Crippen molar-refractivity contribution in [3.63, 3.8) is 0 Å². The zero-order valence-corrected chi connectivity index (χ0v) is 21.1. The Bertz CT molecular complexity index is 590. The molecule has 0 radical (unpaired) electrons. The van der Waals surface area contributed by atoms with Crippen LogP contribution in [-0.4, -0.2) is 65.3 Å². The highest BCUT2D eigenvalue weighted by Crippen LogP contribution is 2.19. The van der Waals surface area contributed by atoms with Gasteiger partial charge in [0.1, 0.15) is 0 Å². The van der Waals surface area contributed by atoms with Crippen LogP contribution in [0.1, 0.15) is 64.1 Å². The van der Waals surface area contributed by atoms with Gasteiger partial charge in [0.2, 0.25) is 0 Å². The molecule has 6 nitrogen and oxygen atoms in total. The van der Waals surface area contributed by atoms with Crippen LogP contribution in [0.2, 0.25) is 0 Å². The Morgan fingerprint density at radius 3 is 2.64 bits per heavy atom. The lowest BCUT2D eigenvalue weighted by molar-refractivity contribution is 0.191. The van der Waals surface area contributed by atoms with E-state index in [9.17, 15) is 0 Å². The summed E-state index contributed by atoms with van der Waals surface area (Å²) in [4.78, 5) is 9.68. The minimum atomic E-state index is 0. The molecule has 0 aliphatic carbocycles. The third-order valence-electron chi connectivity index (χ3n) is 5.36. The van der Waals surface area contributed by atoms with E-state index < -0.39 is 0 Å². The largest absolute Gasteiger partial charge is 0.357 e. The molecule has 1 saturated heterocycles. The van der Waals surface area contributed by atoms with Crippen molar-refractivity contribution in [3.8, 4) is 0 Å². The zero-order chi connectivity index (χ0) is 19.8. The molecule has 1 aromatic heterocycles. The van der Waals surface area contributed by atoms with Crippen molar-refractivity contribution in [2.75, 3.05) is 39.8 Å². The first-order valence-corrected chi connectivity index (χ1v) is 10.6. The highest BCUT2D eigenvalue weighted by molar-refractivity contribution is 14.0. The summed E-state index contributed by atoms with van der Waals surface area (Å²) < 4.78 is 1.92. The molecule has 28 heavy (non-hydrogen) atoms. The van der Waals surface area contributed by atoms with Crippen molar-refractivity contribution in [2.24, 2.45) is 18.0 Å². The minimum absolute atomic E-state index is 0. The van der Waals surface area contributed by atoms with Gasteiger partial charge in [-0.05, 0) is 57.7 Å². The number of guanidine groups is 1. The Labute approximate surface area is 189 Å². The predicted octanol–water partition coefficient (Wildman–Crippen LogP) is 3.68. The van der Waals surface area contributed by atoms with E-state index in [-0.39, 0.29) is 24.0 Å². The second kappa shape index (κ2) is 12.7. The highest BCUT2D eigenvalue weighted by Gasteiger charge is 2.16. The fourth-order valence-electron chi connectivity index (χ4n) is 3.73. The number of aromatic nitrogens is 2. The lowest BCUT2D eigenvalue weighted by Crippen LogP contribution is -2.39. The molecule has 162 valence electrons. The number of rotatable bonds is 8. The van der Waals surface area contributed by atoms with Crippen molar-refractivity contribution in [2.45, 2.75) is 59.4 Å². The molecular formula is C21H41IN6. The predicted molar refractivity (Wildman–Crippen MR) is 130 cm³/mol. The number of aliphatic imine (C=N–C) groups is 1. The lowest BCUT2D eigenvalue weighted by atomic mass is 9.99. The fourth-order valence-corrected chi connectivity index (χ4v) is 3.73. The molecule has 1 aromatic rings. The monoisotopic (exact) mass is 504 g/mol. The van der Waals surface area contributed by atoms with E-state index in [4.69, 9.17) is 4.99 Å². The standard InChI is InChI=1S/C21H40N6.HI/c1-7-22-21(23-11-8-12-27-13-9-18(4)10-14-27)25(5)15-19-16-26(6)24-20(19)17(2)3;/h16-18H,7-15H2,1-6H3,(H,22,23);1H. The van der Waals surface area contributed by atoms with Gasteiger partial charge in [0.15, 0.2) is 5.96 Å². The maximum absolute atomic E-state index is 4.87. The number of nitrogens with zero attached hydrogens (tertiary/aromatic N) is 5. The SMILES string of the molecule is CCNC(=NCCCN1CCC(C)CC1)N(C)Cc1cn(C)nc1C(C)C.I. The smallest absolute Gasteiger partial charge is 0.193 e. The van der Waals surface area contributed by atoms with Gasteiger partial charge >= 0.3 is 0 Å². The first-order chi connectivity index (χ1) is 12.9. The van der Waals surface area contributed by atoms with Gasteiger partial charge in [-0.2, -0.15) is 5.10 Å². The number of piperidine rings is 1. The lowest BCUT2D eigenvalue weighted by Gasteiger charge is -2.30. The first kappa shape index (κ1) is 25.2. The summed E-state index contributed by atoms with van der Waals surface area (Å²) in [5.74, 6) is 2.32. The summed E-state index contributed by atoms with van der Waals surface area (Å²) in [6.45, 7) is 15.2. The number of hydrogen-bond acceptors (Lipinski definition) is 3. The molecule has 0 aromatic carbocycles. The van der Waals surface area contributed by atoms with Gasteiger partial charge in [0, 0.05) is 45.5 Å². The third kappa shape index (κ3) is 7.89. The molecule has 7 heteroatoms. The Hall–Kier alpha value is -0.830. The van der Waals surface area contributed by atoms with Gasteiger partial charge < -0.3 is 15.1 Å². The van der Waals surface area contributed by atoms with Crippen LogP contribution < -0.4 is 5.32 Å². The van der Waals surface area contributed by atoms with Gasteiger partial charge in [0.25, 0.3) is 0 Å². The van der Waals surface area contributed by atoms with Crippen LogP contribution in [0.3, 0.4) is 0 Å². The summed E-state index contributed by atoms with van der Waals surface area (Å²) in [6, 6.07) is 0. The van der Waals surface area contributed by atoms with Crippen molar-refractivity contribution in [1.82, 2.24) is 24.9 Å². The minimum Gasteiger partial charge on any atom is -0.357 e. The summed E-state index contributed by atoms with van der Waals surface area (Å²) in [5, 5.41) is 8.06. The highest BCUT2D eigenvalue weighted by atomic mass is 127. The van der Waals surface area contributed by atoms with Gasteiger partial charge in [-0.3, -0.25) is 9.67 Å². The Morgan fingerprint density at radius 1 is 1.36 bits per heavy atom. The van der Waals surface area contributed by atoms with Gasteiger partial charge in [-0.25, -0.2) is 0 Å². The van der Waals surface area contributed by atoms with Crippen molar-refractivity contribution in [3.05, 3.63) is 17.5 Å². The normalized spacial score (nSPS) is 16.3. The van der Waals surface area contributed by atoms with E-state index in [0.29, 0.717) is 5.92 Å². The van der Waals surface area contributed by atoms with E-state index >= 15 is 0 Å². The molecule has 0 spiro atoms. The van der Waals surface area contributed by atoms with E-state index in [1.165, 1.54) is 43.7 Å². The van der Waals surface area contributed by atoms with Gasteiger partial charge in [0.05, 0.1) is 5.69 Å². The Balaban J connectivity index is 0.00000392. The van der Waals surface area contributed by atoms with E-state index in [1.807, 2.05) is 11.7 Å². The molecule has 1 aliphatic heterocycles. The van der Waals surface area contributed by atoms with E-state index in [0.717, 1.165) is 37.9 Å². The van der Waals surface area contributed by atoms with Crippen LogP contribution in [0.15, 0.2) is 11.2 Å². The molecule has 2 heterocycles. The molecule has 1 fully saturated rings. The van der Waals surface area contributed by atoms with Gasteiger partial charge in [-0.1, -0.05) is 20.8 Å². The van der Waals surface area contributed by atoms with Crippen molar-refractivity contribution in [1.29, 1.82) is 0 Å². The van der Waals surface area contributed by atoms with Crippen molar-refractivity contribution >= 4 is 29.9 Å². The molecule has 1 N–H and O–H groups in total. The van der Waals surface area contributed by atoms with Crippen LogP contribution in [-0.2, 0) is 13.6 Å². The van der Waals surface area contributed by atoms with Crippen molar-refractivity contribution < 1.29 is 0 Å². The number of aryl methyl sites for hydroxylation is 1. The molecular weight excluding hydrogens is 463 g/mol. The molecule has 2 rings (SSSR count). The molecule has 1 aliphatic rings. The molecule has 0 atom stereocenters. The fraction of sp³-hybridized carbons (Fsp3) is 0.810. The van der Waals surface area contributed by atoms with Crippen LogP contribution in [0.4, 0.5) is 0 Å². The van der Waals surface area contributed by atoms with Gasteiger partial charge in [-0.15, -0.1) is 24.0 Å². The first-order valence-electron chi connectivity index (χ1n) is 10.6. The summed E-state index contributed by atoms with van der Waals surface area (Å²) in [5.41, 5.74) is 2.46. The number of likely N-dealkylation sites (tertiary alicyclic amines) is 1. The number of halogens is 1. The molecule has 0 bridgehead atoms. The average molecular weight is 505 g/mol. The Kier molecular flexibility index (Phi) is 11.4. The molecule has 0 saturated carbocycles. The second-order valence-corrected chi connectivity index (χ2v) is 8.34. The maximum Gasteiger partial charge on any atom is 0.193 e. The summed E-state index contributed by atoms with van der Waals surface area (Å²) in [7, 11) is 4.11. The van der Waals surface area contributed by atoms with Crippen LogP contribution >= 0.6 is 24.0 Å². The van der Waals surface area contributed by atoms with E-state index in [2.05, 4.69) is 61.2 Å². The quantitative estimate of drug-likeness (QED) is 0.254. The number of nitrogens with one attached hydrogen (secondary N) is 1. The second-order valence-electron chi connectivity index (χ2n) is 8.34. The zero-order valence-electron chi connectivity index (χ0n) is 18.7.